The van der Waals surface area contributed by atoms with Gasteiger partial charge in [-0.15, -0.1) is 0 Å². The molecule has 1 aromatic rings. The Bertz CT molecular complexity index is 472. The van der Waals surface area contributed by atoms with Gasteiger partial charge in [0.15, 0.2) is 11.6 Å². The normalized spacial score (nSPS) is 20.4. The fourth-order valence-corrected chi connectivity index (χ4v) is 3.43. The van der Waals surface area contributed by atoms with Gasteiger partial charge in [-0.2, -0.15) is 0 Å². The molecule has 2 atom stereocenters. The number of halogens is 2. The first-order valence-corrected chi connectivity index (χ1v) is 7.96. The first-order chi connectivity index (χ1) is 10.0. The molecular weight excluding hydrogens is 270 g/mol. The van der Waals surface area contributed by atoms with Crippen molar-refractivity contribution in [2.75, 3.05) is 19.6 Å². The van der Waals surface area contributed by atoms with Crippen molar-refractivity contribution in [3.8, 4) is 0 Å². The van der Waals surface area contributed by atoms with Gasteiger partial charge in [-0.05, 0) is 63.5 Å². The molecule has 0 radical (unpaired) electrons. The Balaban J connectivity index is 2.37. The number of hydrogen-bond acceptors (Lipinski definition) is 2. The smallest absolute Gasteiger partial charge is 0.159 e. The molecule has 1 aromatic carbocycles. The third-order valence-corrected chi connectivity index (χ3v) is 4.85. The molecule has 0 amide bonds. The van der Waals surface area contributed by atoms with E-state index in [1.54, 1.807) is 6.07 Å². The molecule has 2 unspecified atom stereocenters. The predicted molar refractivity (Wildman–Crippen MR) is 82.3 cm³/mol. The second kappa shape index (κ2) is 6.84. The molecule has 4 heteroatoms. The maximum atomic E-state index is 13.6. The average Bonchev–Trinajstić information content (AvgIpc) is 3.02. The summed E-state index contributed by atoms with van der Waals surface area (Å²) < 4.78 is 26.9. The van der Waals surface area contributed by atoms with Crippen molar-refractivity contribution in [1.82, 2.24) is 10.2 Å². The SMILES string of the molecule is CCNC(c1ccc(F)c(F)c1)C(C)(CC)N1CCCC1. The van der Waals surface area contributed by atoms with E-state index in [0.717, 1.165) is 31.6 Å². The molecule has 0 spiro atoms. The summed E-state index contributed by atoms with van der Waals surface area (Å²) in [5.41, 5.74) is 0.739. The van der Waals surface area contributed by atoms with Crippen molar-refractivity contribution in [3.05, 3.63) is 35.4 Å². The number of benzene rings is 1. The summed E-state index contributed by atoms with van der Waals surface area (Å²) in [6.07, 6.45) is 3.39. The van der Waals surface area contributed by atoms with Crippen molar-refractivity contribution < 1.29 is 8.78 Å². The number of hydrogen-bond donors (Lipinski definition) is 1. The maximum absolute atomic E-state index is 13.6. The highest BCUT2D eigenvalue weighted by molar-refractivity contribution is 5.25. The van der Waals surface area contributed by atoms with Crippen LogP contribution in [-0.2, 0) is 0 Å². The van der Waals surface area contributed by atoms with Crippen LogP contribution < -0.4 is 5.32 Å². The highest BCUT2D eigenvalue weighted by Gasteiger charge is 2.40. The fraction of sp³-hybridized carbons (Fsp3) is 0.647. The van der Waals surface area contributed by atoms with E-state index in [1.165, 1.54) is 25.0 Å². The number of rotatable bonds is 6. The van der Waals surface area contributed by atoms with Gasteiger partial charge in [0.25, 0.3) is 0 Å². The van der Waals surface area contributed by atoms with Crippen LogP contribution in [0.2, 0.25) is 0 Å². The van der Waals surface area contributed by atoms with Crippen LogP contribution in [0.1, 0.15) is 51.6 Å². The van der Waals surface area contributed by atoms with Gasteiger partial charge < -0.3 is 5.32 Å². The molecule has 0 bridgehead atoms. The average molecular weight is 296 g/mol. The number of likely N-dealkylation sites (tertiary alicyclic amines) is 1. The van der Waals surface area contributed by atoms with Gasteiger partial charge in [-0.25, -0.2) is 8.78 Å². The van der Waals surface area contributed by atoms with E-state index in [-0.39, 0.29) is 11.6 Å². The molecule has 21 heavy (non-hydrogen) atoms. The molecule has 118 valence electrons. The summed E-state index contributed by atoms with van der Waals surface area (Å²) in [6.45, 7) is 9.40. The van der Waals surface area contributed by atoms with Gasteiger partial charge in [0.05, 0.1) is 6.04 Å². The van der Waals surface area contributed by atoms with Crippen molar-refractivity contribution in [2.24, 2.45) is 0 Å². The predicted octanol–water partition coefficient (Wildman–Crippen LogP) is 3.88. The molecule has 1 saturated heterocycles. The molecule has 0 aliphatic carbocycles. The van der Waals surface area contributed by atoms with Crippen LogP contribution in [0, 0.1) is 11.6 Å². The Labute approximate surface area is 126 Å². The Morgan fingerprint density at radius 2 is 1.86 bits per heavy atom. The van der Waals surface area contributed by atoms with Gasteiger partial charge in [-0.3, -0.25) is 4.90 Å². The second-order valence-electron chi connectivity index (χ2n) is 6.07. The Morgan fingerprint density at radius 1 is 1.19 bits per heavy atom. The minimum atomic E-state index is -0.784. The van der Waals surface area contributed by atoms with Crippen LogP contribution in [0.5, 0.6) is 0 Å². The van der Waals surface area contributed by atoms with Crippen molar-refractivity contribution in [3.63, 3.8) is 0 Å². The third kappa shape index (κ3) is 3.27. The molecule has 2 rings (SSSR count). The summed E-state index contributed by atoms with van der Waals surface area (Å²) >= 11 is 0. The highest BCUT2D eigenvalue weighted by Crippen LogP contribution is 2.36. The summed E-state index contributed by atoms with van der Waals surface area (Å²) in [5.74, 6) is -1.55. The summed E-state index contributed by atoms with van der Waals surface area (Å²) in [5, 5.41) is 3.48. The molecule has 0 aromatic heterocycles. The van der Waals surface area contributed by atoms with E-state index in [1.807, 2.05) is 6.92 Å². The van der Waals surface area contributed by atoms with Crippen LogP contribution >= 0.6 is 0 Å². The van der Waals surface area contributed by atoms with Gasteiger partial charge in [0.2, 0.25) is 0 Å². The lowest BCUT2D eigenvalue weighted by Gasteiger charge is -2.45. The summed E-state index contributed by atoms with van der Waals surface area (Å²) in [6, 6.07) is 4.28. The van der Waals surface area contributed by atoms with Gasteiger partial charge in [0.1, 0.15) is 0 Å². The molecule has 1 fully saturated rings. The largest absolute Gasteiger partial charge is 0.309 e. The van der Waals surface area contributed by atoms with E-state index in [4.69, 9.17) is 0 Å². The van der Waals surface area contributed by atoms with E-state index in [9.17, 15) is 8.78 Å². The van der Waals surface area contributed by atoms with Crippen LogP contribution in [0.3, 0.4) is 0 Å². The van der Waals surface area contributed by atoms with E-state index >= 15 is 0 Å². The van der Waals surface area contributed by atoms with Crippen LogP contribution in [0.15, 0.2) is 18.2 Å². The van der Waals surface area contributed by atoms with E-state index < -0.39 is 11.6 Å². The van der Waals surface area contributed by atoms with Crippen molar-refractivity contribution in [2.45, 2.75) is 51.6 Å². The molecular formula is C17H26F2N2. The maximum Gasteiger partial charge on any atom is 0.159 e. The Hall–Kier alpha value is -1.00. The standard InChI is InChI=1S/C17H26F2N2/c1-4-17(3,21-10-6-7-11-21)16(20-5-2)13-8-9-14(18)15(19)12-13/h8-9,12,16,20H,4-7,10-11H2,1-3H3. The highest BCUT2D eigenvalue weighted by atomic mass is 19.2. The number of likely N-dealkylation sites (N-methyl/N-ethyl adjacent to an activating group) is 1. The number of nitrogens with one attached hydrogen (secondary N) is 1. The van der Waals surface area contributed by atoms with Gasteiger partial charge >= 0.3 is 0 Å². The minimum Gasteiger partial charge on any atom is -0.309 e. The van der Waals surface area contributed by atoms with Crippen molar-refractivity contribution >= 4 is 0 Å². The summed E-state index contributed by atoms with van der Waals surface area (Å²) in [4.78, 5) is 2.49. The molecule has 2 nitrogen and oxygen atoms in total. The van der Waals surface area contributed by atoms with Crippen LogP contribution in [0.25, 0.3) is 0 Å². The first kappa shape index (κ1) is 16.4. The van der Waals surface area contributed by atoms with Crippen molar-refractivity contribution in [1.29, 1.82) is 0 Å². The second-order valence-corrected chi connectivity index (χ2v) is 6.07. The lowest BCUT2D eigenvalue weighted by Crippen LogP contribution is -2.53. The van der Waals surface area contributed by atoms with Crippen LogP contribution in [0.4, 0.5) is 8.78 Å². The Morgan fingerprint density at radius 3 is 2.38 bits per heavy atom. The third-order valence-electron chi connectivity index (χ3n) is 4.85. The topological polar surface area (TPSA) is 15.3 Å². The zero-order chi connectivity index (χ0) is 15.5. The quantitative estimate of drug-likeness (QED) is 0.857. The first-order valence-electron chi connectivity index (χ1n) is 7.96. The zero-order valence-electron chi connectivity index (χ0n) is 13.3. The Kier molecular flexibility index (Phi) is 5.33. The minimum absolute atomic E-state index is 0.000648. The molecule has 1 aliphatic heterocycles. The molecule has 1 aliphatic rings. The fourth-order valence-electron chi connectivity index (χ4n) is 3.43. The molecule has 0 saturated carbocycles. The van der Waals surface area contributed by atoms with E-state index in [2.05, 4.69) is 24.1 Å². The van der Waals surface area contributed by atoms with Gasteiger partial charge in [-0.1, -0.05) is 19.9 Å². The lowest BCUT2D eigenvalue weighted by molar-refractivity contribution is 0.0845. The zero-order valence-corrected chi connectivity index (χ0v) is 13.3. The monoisotopic (exact) mass is 296 g/mol. The molecule has 1 heterocycles. The van der Waals surface area contributed by atoms with E-state index in [0.29, 0.717) is 0 Å². The number of nitrogens with zero attached hydrogens (tertiary/aromatic N) is 1. The lowest BCUT2D eigenvalue weighted by atomic mass is 9.83. The summed E-state index contributed by atoms with van der Waals surface area (Å²) in [7, 11) is 0. The van der Waals surface area contributed by atoms with Gasteiger partial charge in [0, 0.05) is 5.54 Å². The molecule has 1 N–H and O–H groups in total. The van der Waals surface area contributed by atoms with Crippen LogP contribution in [-0.4, -0.2) is 30.1 Å².